The molecule has 2 saturated heterocycles. The molecule has 3 rings (SSSR count). The highest BCUT2D eigenvalue weighted by molar-refractivity contribution is 5.81. The first-order valence-electron chi connectivity index (χ1n) is 7.11. The molecular formula is C15H22N2O. The minimum absolute atomic E-state index is 0.229. The van der Waals surface area contributed by atoms with Crippen LogP contribution in [0.25, 0.3) is 0 Å². The van der Waals surface area contributed by atoms with Gasteiger partial charge in [0.1, 0.15) is 0 Å². The van der Waals surface area contributed by atoms with Crippen LogP contribution in [0.5, 0.6) is 0 Å². The van der Waals surface area contributed by atoms with Gasteiger partial charge >= 0.3 is 0 Å². The lowest BCUT2D eigenvalue weighted by atomic mass is 9.76. The molecule has 3 aliphatic rings. The highest BCUT2D eigenvalue weighted by atomic mass is 16.2. The van der Waals surface area contributed by atoms with Crippen LogP contribution in [-0.4, -0.2) is 41.4 Å². The Hall–Kier alpha value is -1.09. The lowest BCUT2D eigenvalue weighted by Gasteiger charge is -2.50. The van der Waals surface area contributed by atoms with Gasteiger partial charge in [0.2, 0.25) is 5.91 Å². The van der Waals surface area contributed by atoms with Gasteiger partial charge in [-0.25, -0.2) is 0 Å². The topological polar surface area (TPSA) is 23.6 Å². The van der Waals surface area contributed by atoms with E-state index in [0.717, 1.165) is 45.3 Å². The quantitative estimate of drug-likeness (QED) is 0.711. The van der Waals surface area contributed by atoms with Crippen LogP contribution in [0.4, 0.5) is 0 Å². The summed E-state index contributed by atoms with van der Waals surface area (Å²) in [7, 11) is 0. The number of hydrogen-bond acceptors (Lipinski definition) is 2. The van der Waals surface area contributed by atoms with Crippen molar-refractivity contribution in [3.8, 4) is 0 Å². The third-order valence-corrected chi connectivity index (χ3v) is 4.61. The van der Waals surface area contributed by atoms with Crippen molar-refractivity contribution in [2.24, 2.45) is 11.8 Å². The van der Waals surface area contributed by atoms with Gasteiger partial charge in [0.15, 0.2) is 0 Å². The number of carbonyl (C=O) groups excluding carboxylic acids is 1. The van der Waals surface area contributed by atoms with Gasteiger partial charge in [-0.2, -0.15) is 0 Å². The molecule has 98 valence electrons. The van der Waals surface area contributed by atoms with Gasteiger partial charge in [0.25, 0.3) is 0 Å². The molecule has 3 heteroatoms. The Morgan fingerprint density at radius 2 is 2.33 bits per heavy atom. The molecule has 3 nitrogen and oxygen atoms in total. The lowest BCUT2D eigenvalue weighted by molar-refractivity contribution is -0.146. The van der Waals surface area contributed by atoms with Gasteiger partial charge in [0.05, 0.1) is 5.92 Å². The van der Waals surface area contributed by atoms with Crippen LogP contribution < -0.4 is 0 Å². The molecule has 3 unspecified atom stereocenters. The maximum atomic E-state index is 12.4. The zero-order chi connectivity index (χ0) is 12.5. The molecule has 0 aromatic heterocycles. The second kappa shape index (κ2) is 4.88. The largest absolute Gasteiger partial charge is 0.316 e. The van der Waals surface area contributed by atoms with E-state index in [2.05, 4.69) is 17.6 Å². The SMILES string of the molecule is C=CCCN1CC2CC(C1)C1CCC=CN1C2=O. The average Bonchev–Trinajstić information content (AvgIpc) is 2.43. The summed E-state index contributed by atoms with van der Waals surface area (Å²) in [6, 6.07) is 0.463. The Bertz CT molecular complexity index is 377. The Morgan fingerprint density at radius 1 is 1.44 bits per heavy atom. The zero-order valence-corrected chi connectivity index (χ0v) is 10.9. The van der Waals surface area contributed by atoms with E-state index in [1.165, 1.54) is 0 Å². The molecule has 0 aliphatic carbocycles. The third kappa shape index (κ3) is 2.01. The first-order chi connectivity index (χ1) is 8.79. The smallest absolute Gasteiger partial charge is 0.231 e. The average molecular weight is 246 g/mol. The monoisotopic (exact) mass is 246 g/mol. The van der Waals surface area contributed by atoms with E-state index in [9.17, 15) is 4.79 Å². The minimum atomic E-state index is 0.229. The van der Waals surface area contributed by atoms with Crippen molar-refractivity contribution in [3.05, 3.63) is 24.9 Å². The molecule has 0 aromatic rings. The minimum Gasteiger partial charge on any atom is -0.316 e. The molecule has 0 spiro atoms. The summed E-state index contributed by atoms with van der Waals surface area (Å²) in [5.74, 6) is 1.26. The van der Waals surface area contributed by atoms with Crippen LogP contribution in [0.1, 0.15) is 25.7 Å². The predicted octanol–water partition coefficient (Wildman–Crippen LogP) is 2.02. The van der Waals surface area contributed by atoms with Gasteiger partial charge in [-0.05, 0) is 31.6 Å². The summed E-state index contributed by atoms with van der Waals surface area (Å²) in [6.07, 6.45) is 10.6. The van der Waals surface area contributed by atoms with E-state index in [1.807, 2.05) is 17.2 Å². The highest BCUT2D eigenvalue weighted by Gasteiger charge is 2.45. The van der Waals surface area contributed by atoms with Crippen molar-refractivity contribution in [1.82, 2.24) is 9.80 Å². The summed E-state index contributed by atoms with van der Waals surface area (Å²) in [5, 5.41) is 0. The van der Waals surface area contributed by atoms with Crippen LogP contribution in [0.3, 0.4) is 0 Å². The van der Waals surface area contributed by atoms with Gasteiger partial charge in [-0.15, -0.1) is 6.58 Å². The van der Waals surface area contributed by atoms with Crippen molar-refractivity contribution < 1.29 is 4.79 Å². The van der Waals surface area contributed by atoms with Gasteiger partial charge in [0, 0.05) is 31.9 Å². The lowest BCUT2D eigenvalue weighted by Crippen LogP contribution is -2.59. The standard InChI is InChI=1S/C15H22N2O/c1-2-3-7-16-10-12-9-13(11-16)15(18)17-8-5-4-6-14(12)17/h2,5,8,12-14H,1,3-4,6-7,9-11H2. The molecule has 0 N–H and O–H groups in total. The number of nitrogens with zero attached hydrogens (tertiary/aromatic N) is 2. The number of allylic oxidation sites excluding steroid dienone is 1. The van der Waals surface area contributed by atoms with E-state index in [1.54, 1.807) is 0 Å². The number of fused-ring (bicyclic) bond motifs is 4. The summed E-state index contributed by atoms with van der Waals surface area (Å²) in [5.41, 5.74) is 0. The van der Waals surface area contributed by atoms with Crippen LogP contribution in [0, 0.1) is 11.8 Å². The van der Waals surface area contributed by atoms with Crippen LogP contribution in [0.2, 0.25) is 0 Å². The molecule has 18 heavy (non-hydrogen) atoms. The highest BCUT2D eigenvalue weighted by Crippen LogP contribution is 2.37. The first-order valence-corrected chi connectivity index (χ1v) is 7.11. The van der Waals surface area contributed by atoms with E-state index in [0.29, 0.717) is 17.9 Å². The number of amides is 1. The fourth-order valence-corrected chi connectivity index (χ4v) is 3.76. The Morgan fingerprint density at radius 3 is 3.17 bits per heavy atom. The van der Waals surface area contributed by atoms with Crippen LogP contribution in [0.15, 0.2) is 24.9 Å². The zero-order valence-electron chi connectivity index (χ0n) is 10.9. The fourth-order valence-electron chi connectivity index (χ4n) is 3.76. The molecule has 1 amide bonds. The first kappa shape index (κ1) is 12.0. The molecule has 2 bridgehead atoms. The summed E-state index contributed by atoms with van der Waals surface area (Å²) < 4.78 is 0. The van der Waals surface area contributed by atoms with Crippen molar-refractivity contribution >= 4 is 5.91 Å². The van der Waals surface area contributed by atoms with Crippen LogP contribution in [-0.2, 0) is 4.79 Å². The number of piperidine rings is 2. The van der Waals surface area contributed by atoms with Crippen molar-refractivity contribution in [3.63, 3.8) is 0 Å². The predicted molar refractivity (Wildman–Crippen MR) is 71.9 cm³/mol. The Labute approximate surface area is 109 Å². The van der Waals surface area contributed by atoms with Gasteiger partial charge < -0.3 is 9.80 Å². The number of likely N-dealkylation sites (tertiary alicyclic amines) is 1. The third-order valence-electron chi connectivity index (χ3n) is 4.61. The summed E-state index contributed by atoms with van der Waals surface area (Å²) in [6.45, 7) is 6.95. The molecule has 2 fully saturated rings. The molecule has 0 aromatic carbocycles. The molecule has 3 atom stereocenters. The molecule has 0 saturated carbocycles. The number of rotatable bonds is 3. The second-order valence-electron chi connectivity index (χ2n) is 5.80. The van der Waals surface area contributed by atoms with E-state index < -0.39 is 0 Å². The van der Waals surface area contributed by atoms with Crippen molar-refractivity contribution in [2.75, 3.05) is 19.6 Å². The van der Waals surface area contributed by atoms with E-state index in [4.69, 9.17) is 0 Å². The van der Waals surface area contributed by atoms with Crippen LogP contribution >= 0.6 is 0 Å². The molecular weight excluding hydrogens is 224 g/mol. The summed E-state index contributed by atoms with van der Waals surface area (Å²) >= 11 is 0. The van der Waals surface area contributed by atoms with Gasteiger partial charge in [-0.1, -0.05) is 12.2 Å². The maximum absolute atomic E-state index is 12.4. The molecule has 3 aliphatic heterocycles. The molecule has 3 heterocycles. The maximum Gasteiger partial charge on any atom is 0.231 e. The second-order valence-corrected chi connectivity index (χ2v) is 5.80. The van der Waals surface area contributed by atoms with Gasteiger partial charge in [-0.3, -0.25) is 4.79 Å². The van der Waals surface area contributed by atoms with E-state index in [-0.39, 0.29) is 5.92 Å². The fraction of sp³-hybridized carbons (Fsp3) is 0.667. The number of hydrogen-bond donors (Lipinski definition) is 0. The van der Waals surface area contributed by atoms with Crippen molar-refractivity contribution in [2.45, 2.75) is 31.7 Å². The Balaban J connectivity index is 1.75. The normalized spacial score (nSPS) is 35.4. The van der Waals surface area contributed by atoms with Crippen molar-refractivity contribution in [1.29, 1.82) is 0 Å². The number of carbonyl (C=O) groups is 1. The summed E-state index contributed by atoms with van der Waals surface area (Å²) in [4.78, 5) is 16.9. The molecule has 0 radical (unpaired) electrons. The Kier molecular flexibility index (Phi) is 3.25. The van der Waals surface area contributed by atoms with E-state index >= 15 is 0 Å².